The lowest BCUT2D eigenvalue weighted by Crippen LogP contribution is -2.41. The monoisotopic (exact) mass is 482 g/mol. The van der Waals surface area contributed by atoms with Crippen LogP contribution in [0.3, 0.4) is 0 Å². The summed E-state index contributed by atoms with van der Waals surface area (Å²) in [5, 5.41) is 9.15. The van der Waals surface area contributed by atoms with E-state index in [1.165, 1.54) is 6.20 Å². The summed E-state index contributed by atoms with van der Waals surface area (Å²) in [5.74, 6) is -1.06. The molecule has 0 fully saturated rings. The third kappa shape index (κ3) is 5.02. The molecule has 0 aliphatic carbocycles. The van der Waals surface area contributed by atoms with Crippen LogP contribution in [0.4, 0.5) is 0 Å². The van der Waals surface area contributed by atoms with Gasteiger partial charge in [0.2, 0.25) is 0 Å². The lowest BCUT2D eigenvalue weighted by molar-refractivity contribution is 0.0844. The Balaban J connectivity index is 1.33. The van der Waals surface area contributed by atoms with Crippen molar-refractivity contribution in [3.63, 3.8) is 0 Å². The van der Waals surface area contributed by atoms with Crippen LogP contribution in [0.25, 0.3) is 22.2 Å². The Bertz CT molecular complexity index is 1520. The van der Waals surface area contributed by atoms with Gasteiger partial charge in [-0.1, -0.05) is 77.5 Å². The van der Waals surface area contributed by atoms with Crippen LogP contribution >= 0.6 is 11.6 Å². The number of fused-ring (bicyclic) bond motifs is 1. The molecule has 0 radical (unpaired) electrons. The molecule has 35 heavy (non-hydrogen) atoms. The van der Waals surface area contributed by atoms with Crippen molar-refractivity contribution in [2.24, 2.45) is 0 Å². The van der Waals surface area contributed by atoms with Gasteiger partial charge in [0.25, 0.3) is 11.8 Å². The number of carbonyl (C=O) groups is 2. The van der Waals surface area contributed by atoms with Crippen LogP contribution in [0.1, 0.15) is 26.4 Å². The molecule has 0 aliphatic rings. The number of hydrazine groups is 1. The number of nitrogens with one attached hydrogen (secondary N) is 2. The molecular weight excluding hydrogens is 464 g/mol. The number of aromatic nitrogens is 4. The molecule has 0 saturated heterocycles. The van der Waals surface area contributed by atoms with Gasteiger partial charge in [-0.25, -0.2) is 9.67 Å². The molecule has 8 nitrogen and oxygen atoms in total. The molecule has 5 rings (SSSR count). The fourth-order valence-electron chi connectivity index (χ4n) is 3.63. The van der Waals surface area contributed by atoms with Crippen LogP contribution < -0.4 is 10.9 Å². The summed E-state index contributed by atoms with van der Waals surface area (Å²) in [7, 11) is 0. The van der Waals surface area contributed by atoms with Crippen molar-refractivity contribution in [3.05, 3.63) is 113 Å². The Hall–Kier alpha value is -4.56. The highest BCUT2D eigenvalue weighted by Crippen LogP contribution is 2.26. The quantitative estimate of drug-likeness (QED) is 0.364. The van der Waals surface area contributed by atoms with Crippen molar-refractivity contribution in [3.8, 4) is 11.3 Å². The molecule has 0 saturated carbocycles. The smallest absolute Gasteiger partial charge is 0.267 e. The summed E-state index contributed by atoms with van der Waals surface area (Å²) in [6.07, 6.45) is 1.52. The predicted molar refractivity (Wildman–Crippen MR) is 133 cm³/mol. The first-order chi connectivity index (χ1) is 17.1. The number of pyridine rings is 1. The fraction of sp³-hybridized carbons (Fsp3) is 0.0385. The lowest BCUT2D eigenvalue weighted by atomic mass is 10.0. The molecule has 0 atom stereocenters. The fourth-order valence-corrected chi connectivity index (χ4v) is 3.75. The third-order valence-corrected chi connectivity index (χ3v) is 5.60. The van der Waals surface area contributed by atoms with Crippen molar-refractivity contribution in [1.29, 1.82) is 0 Å². The number of nitrogens with zero attached hydrogens (tertiary/aromatic N) is 4. The van der Waals surface area contributed by atoms with E-state index < -0.39 is 11.8 Å². The van der Waals surface area contributed by atoms with E-state index in [-0.39, 0.29) is 5.69 Å². The molecule has 2 N–H and O–H groups in total. The maximum absolute atomic E-state index is 13.1. The number of carbonyl (C=O) groups excluding carboxylic acids is 2. The zero-order chi connectivity index (χ0) is 24.2. The number of halogens is 1. The predicted octanol–water partition coefficient (Wildman–Crippen LogP) is 4.27. The van der Waals surface area contributed by atoms with Gasteiger partial charge >= 0.3 is 0 Å². The maximum atomic E-state index is 13.1. The molecule has 0 bridgehead atoms. The molecule has 3 aromatic carbocycles. The Morgan fingerprint density at radius 1 is 0.857 bits per heavy atom. The van der Waals surface area contributed by atoms with Crippen LogP contribution in [0, 0.1) is 0 Å². The minimum atomic E-state index is -0.575. The summed E-state index contributed by atoms with van der Waals surface area (Å²) in [6, 6.07) is 25.9. The molecule has 172 valence electrons. The lowest BCUT2D eigenvalue weighted by Gasteiger charge is -2.11. The van der Waals surface area contributed by atoms with E-state index in [0.29, 0.717) is 33.7 Å². The van der Waals surface area contributed by atoms with Gasteiger partial charge in [-0.3, -0.25) is 20.4 Å². The van der Waals surface area contributed by atoms with Gasteiger partial charge in [0.15, 0.2) is 5.69 Å². The SMILES string of the molecule is O=C(NNC(=O)c1cc(-c2ccc(Cl)cc2)nc2ccccc12)c1cn(Cc2ccccc2)nn1. The molecule has 2 aromatic heterocycles. The van der Waals surface area contributed by atoms with Gasteiger partial charge < -0.3 is 0 Å². The zero-order valence-corrected chi connectivity index (χ0v) is 19.1. The second-order valence-electron chi connectivity index (χ2n) is 7.77. The molecule has 2 amide bonds. The molecule has 0 aliphatic heterocycles. The first-order valence-corrected chi connectivity index (χ1v) is 11.1. The summed E-state index contributed by atoms with van der Waals surface area (Å²) < 4.78 is 1.56. The van der Waals surface area contributed by atoms with E-state index in [0.717, 1.165) is 11.1 Å². The molecule has 9 heteroatoms. The normalized spacial score (nSPS) is 10.8. The average molecular weight is 483 g/mol. The number of hydrogen-bond acceptors (Lipinski definition) is 5. The number of amides is 2. The second kappa shape index (κ2) is 9.74. The largest absolute Gasteiger partial charge is 0.291 e. The van der Waals surface area contributed by atoms with Crippen LogP contribution in [0.5, 0.6) is 0 Å². The van der Waals surface area contributed by atoms with Gasteiger partial charge in [-0.05, 0) is 29.8 Å². The van der Waals surface area contributed by atoms with Gasteiger partial charge in [0.1, 0.15) is 0 Å². The van der Waals surface area contributed by atoms with Gasteiger partial charge in [-0.2, -0.15) is 0 Å². The van der Waals surface area contributed by atoms with E-state index in [2.05, 4.69) is 26.1 Å². The first-order valence-electron chi connectivity index (χ1n) is 10.8. The molecule has 0 unspecified atom stereocenters. The Morgan fingerprint density at radius 2 is 1.57 bits per heavy atom. The summed E-state index contributed by atoms with van der Waals surface area (Å²) >= 11 is 6.00. The first kappa shape index (κ1) is 22.2. The molecule has 5 aromatic rings. The van der Waals surface area contributed by atoms with Crippen molar-refractivity contribution in [2.75, 3.05) is 0 Å². The highest BCUT2D eigenvalue weighted by Gasteiger charge is 2.16. The maximum Gasteiger partial charge on any atom is 0.291 e. The molecule has 0 spiro atoms. The average Bonchev–Trinajstić information content (AvgIpc) is 3.36. The van der Waals surface area contributed by atoms with Crippen molar-refractivity contribution >= 4 is 34.3 Å². The van der Waals surface area contributed by atoms with Crippen molar-refractivity contribution in [2.45, 2.75) is 6.54 Å². The van der Waals surface area contributed by atoms with Crippen LogP contribution in [-0.2, 0) is 6.54 Å². The van der Waals surface area contributed by atoms with Gasteiger partial charge in [-0.15, -0.1) is 5.10 Å². The Morgan fingerprint density at radius 3 is 2.37 bits per heavy atom. The molecular formula is C26H19ClN6O2. The van der Waals surface area contributed by atoms with E-state index in [4.69, 9.17) is 11.6 Å². The summed E-state index contributed by atoms with van der Waals surface area (Å²) in [5.41, 5.74) is 8.44. The van der Waals surface area contributed by atoms with Crippen molar-refractivity contribution in [1.82, 2.24) is 30.8 Å². The number of para-hydroxylation sites is 1. The van der Waals surface area contributed by atoms with Crippen molar-refractivity contribution < 1.29 is 9.59 Å². The summed E-state index contributed by atoms with van der Waals surface area (Å²) in [4.78, 5) is 30.3. The number of benzene rings is 3. The third-order valence-electron chi connectivity index (χ3n) is 5.35. The minimum absolute atomic E-state index is 0.0858. The minimum Gasteiger partial charge on any atom is -0.267 e. The van der Waals surface area contributed by atoms with E-state index in [1.807, 2.05) is 60.7 Å². The second-order valence-corrected chi connectivity index (χ2v) is 8.21. The van der Waals surface area contributed by atoms with Crippen LogP contribution in [0.2, 0.25) is 5.02 Å². The summed E-state index contributed by atoms with van der Waals surface area (Å²) in [6.45, 7) is 0.476. The highest BCUT2D eigenvalue weighted by atomic mass is 35.5. The van der Waals surface area contributed by atoms with E-state index >= 15 is 0 Å². The Labute approximate surface area is 205 Å². The highest BCUT2D eigenvalue weighted by molar-refractivity contribution is 6.30. The van der Waals surface area contributed by atoms with Crippen LogP contribution in [0.15, 0.2) is 91.1 Å². The Kier molecular flexibility index (Phi) is 6.19. The standard InChI is InChI=1S/C26H19ClN6O2/c27-19-12-10-18(11-13-19)23-14-21(20-8-4-5-9-22(20)28-23)25(34)30-31-26(35)24-16-33(32-29-24)15-17-6-2-1-3-7-17/h1-14,16H,15H2,(H,30,34)(H,31,35). The topological polar surface area (TPSA) is 102 Å². The van der Waals surface area contributed by atoms with E-state index in [9.17, 15) is 9.59 Å². The molecule has 2 heterocycles. The van der Waals surface area contributed by atoms with Crippen LogP contribution in [-0.4, -0.2) is 31.8 Å². The zero-order valence-electron chi connectivity index (χ0n) is 18.4. The van der Waals surface area contributed by atoms with Gasteiger partial charge in [0.05, 0.1) is 29.5 Å². The van der Waals surface area contributed by atoms with Gasteiger partial charge in [0, 0.05) is 16.0 Å². The number of rotatable bonds is 5. The van der Waals surface area contributed by atoms with E-state index in [1.54, 1.807) is 28.9 Å². The number of hydrogen-bond donors (Lipinski definition) is 2.